The monoisotopic (exact) mass is 369 g/mol. The van der Waals surface area contributed by atoms with E-state index in [4.69, 9.17) is 20.4 Å². The number of ether oxygens (including phenoxy) is 1. The van der Waals surface area contributed by atoms with Crippen LogP contribution in [-0.4, -0.2) is 28.6 Å². The van der Waals surface area contributed by atoms with Gasteiger partial charge in [-0.3, -0.25) is 4.98 Å². The second kappa shape index (κ2) is 6.49. The molecule has 3 heterocycles. The number of anilines is 3. The average molecular weight is 369 g/mol. The SMILES string of the molecule is COc1ccc2nc(-c3cccnc3)nc(N3CCc4ccc(N)cc43)c2c1. The molecule has 0 atom stereocenters. The molecule has 0 aliphatic carbocycles. The molecule has 0 spiro atoms. The molecule has 138 valence electrons. The molecule has 0 saturated heterocycles. The van der Waals surface area contributed by atoms with E-state index < -0.39 is 0 Å². The van der Waals surface area contributed by atoms with Crippen LogP contribution in [0.15, 0.2) is 60.9 Å². The van der Waals surface area contributed by atoms with Gasteiger partial charge in [0, 0.05) is 41.3 Å². The van der Waals surface area contributed by atoms with Gasteiger partial charge in [-0.1, -0.05) is 6.07 Å². The minimum Gasteiger partial charge on any atom is -0.497 e. The Morgan fingerprint density at radius 1 is 1.07 bits per heavy atom. The third-order valence-electron chi connectivity index (χ3n) is 5.06. The van der Waals surface area contributed by atoms with Gasteiger partial charge >= 0.3 is 0 Å². The van der Waals surface area contributed by atoms with Crippen molar-refractivity contribution in [3.8, 4) is 17.1 Å². The van der Waals surface area contributed by atoms with E-state index in [9.17, 15) is 0 Å². The normalized spacial score (nSPS) is 13.0. The third kappa shape index (κ3) is 2.70. The molecule has 1 aliphatic heterocycles. The van der Waals surface area contributed by atoms with Crippen LogP contribution in [0.25, 0.3) is 22.3 Å². The molecule has 2 N–H and O–H groups in total. The van der Waals surface area contributed by atoms with Crippen LogP contribution in [0.4, 0.5) is 17.2 Å². The van der Waals surface area contributed by atoms with Gasteiger partial charge in [-0.05, 0) is 54.4 Å². The molecule has 2 aromatic heterocycles. The van der Waals surface area contributed by atoms with Gasteiger partial charge in [0.2, 0.25) is 0 Å². The fourth-order valence-electron chi connectivity index (χ4n) is 3.66. The van der Waals surface area contributed by atoms with Crippen molar-refractivity contribution in [2.75, 3.05) is 24.3 Å². The Balaban J connectivity index is 1.76. The number of fused-ring (bicyclic) bond motifs is 2. The lowest BCUT2D eigenvalue weighted by molar-refractivity contribution is 0.415. The molecular weight excluding hydrogens is 350 g/mol. The van der Waals surface area contributed by atoms with Crippen molar-refractivity contribution in [3.05, 3.63) is 66.5 Å². The van der Waals surface area contributed by atoms with E-state index in [0.717, 1.165) is 52.4 Å². The summed E-state index contributed by atoms with van der Waals surface area (Å²) in [5.41, 5.74) is 10.9. The number of nitrogens with two attached hydrogens (primary N) is 1. The molecule has 0 unspecified atom stereocenters. The van der Waals surface area contributed by atoms with Crippen molar-refractivity contribution >= 4 is 28.1 Å². The molecule has 6 heteroatoms. The largest absolute Gasteiger partial charge is 0.497 e. The number of rotatable bonds is 3. The van der Waals surface area contributed by atoms with Crippen LogP contribution in [0, 0.1) is 0 Å². The maximum Gasteiger partial charge on any atom is 0.163 e. The van der Waals surface area contributed by atoms with Gasteiger partial charge in [0.05, 0.1) is 12.6 Å². The van der Waals surface area contributed by atoms with Crippen molar-refractivity contribution in [1.82, 2.24) is 15.0 Å². The fraction of sp³-hybridized carbons (Fsp3) is 0.136. The molecular formula is C22H19N5O. The predicted molar refractivity (Wildman–Crippen MR) is 111 cm³/mol. The number of pyridine rings is 1. The molecule has 28 heavy (non-hydrogen) atoms. The molecule has 0 saturated carbocycles. The maximum atomic E-state index is 6.06. The second-order valence-corrected chi connectivity index (χ2v) is 6.79. The standard InChI is InChI=1S/C22H19N5O/c1-28-17-6-7-19-18(12-17)22(26-21(25-19)15-3-2-9-24-13-15)27-10-8-14-4-5-16(23)11-20(14)27/h2-7,9,11-13H,8,10,23H2,1H3. The average Bonchev–Trinajstić information content (AvgIpc) is 3.16. The number of nitrogens with zero attached hydrogens (tertiary/aromatic N) is 4. The van der Waals surface area contributed by atoms with Crippen LogP contribution in [0.3, 0.4) is 0 Å². The number of nitrogen functional groups attached to an aromatic ring is 1. The summed E-state index contributed by atoms with van der Waals surface area (Å²) in [6.45, 7) is 0.842. The highest BCUT2D eigenvalue weighted by molar-refractivity contribution is 5.95. The summed E-state index contributed by atoms with van der Waals surface area (Å²) in [5, 5.41) is 0.947. The Hall–Kier alpha value is -3.67. The Bertz CT molecular complexity index is 1180. The highest BCUT2D eigenvalue weighted by atomic mass is 16.5. The van der Waals surface area contributed by atoms with Crippen molar-refractivity contribution in [1.29, 1.82) is 0 Å². The smallest absolute Gasteiger partial charge is 0.163 e. The zero-order valence-electron chi connectivity index (χ0n) is 15.5. The Labute approximate surface area is 162 Å². The fourth-order valence-corrected chi connectivity index (χ4v) is 3.66. The summed E-state index contributed by atoms with van der Waals surface area (Å²) in [6.07, 6.45) is 4.48. The lowest BCUT2D eigenvalue weighted by atomic mass is 10.1. The van der Waals surface area contributed by atoms with Crippen LogP contribution >= 0.6 is 0 Å². The first-order valence-corrected chi connectivity index (χ1v) is 9.15. The van der Waals surface area contributed by atoms with Crippen molar-refractivity contribution < 1.29 is 4.74 Å². The summed E-state index contributed by atoms with van der Waals surface area (Å²) in [4.78, 5) is 16.1. The number of hydrogen-bond donors (Lipinski definition) is 1. The van der Waals surface area contributed by atoms with Crippen LogP contribution < -0.4 is 15.4 Å². The number of methoxy groups -OCH3 is 1. The number of benzene rings is 2. The quantitative estimate of drug-likeness (QED) is 0.551. The first kappa shape index (κ1) is 16.5. The van der Waals surface area contributed by atoms with Crippen LogP contribution in [0.1, 0.15) is 5.56 Å². The minimum atomic E-state index is 0.651. The van der Waals surface area contributed by atoms with Gasteiger partial charge in [-0.2, -0.15) is 0 Å². The Morgan fingerprint density at radius 3 is 2.82 bits per heavy atom. The van der Waals surface area contributed by atoms with E-state index in [0.29, 0.717) is 5.82 Å². The van der Waals surface area contributed by atoms with E-state index in [1.807, 2.05) is 42.5 Å². The molecule has 0 radical (unpaired) electrons. The van der Waals surface area contributed by atoms with E-state index in [1.54, 1.807) is 19.5 Å². The number of hydrogen-bond acceptors (Lipinski definition) is 6. The summed E-state index contributed by atoms with van der Waals surface area (Å²) < 4.78 is 5.44. The zero-order valence-corrected chi connectivity index (χ0v) is 15.5. The molecule has 1 aliphatic rings. The second-order valence-electron chi connectivity index (χ2n) is 6.79. The summed E-state index contributed by atoms with van der Waals surface area (Å²) in [7, 11) is 1.66. The van der Waals surface area contributed by atoms with Gasteiger partial charge in [-0.15, -0.1) is 0 Å². The van der Waals surface area contributed by atoms with E-state index >= 15 is 0 Å². The highest BCUT2D eigenvalue weighted by Crippen LogP contribution is 2.39. The predicted octanol–water partition coefficient (Wildman–Crippen LogP) is 3.98. The van der Waals surface area contributed by atoms with Crippen molar-refractivity contribution in [2.24, 2.45) is 0 Å². The van der Waals surface area contributed by atoms with Crippen LogP contribution in [0.5, 0.6) is 5.75 Å². The first-order chi connectivity index (χ1) is 13.7. The van der Waals surface area contributed by atoms with Crippen molar-refractivity contribution in [3.63, 3.8) is 0 Å². The highest BCUT2D eigenvalue weighted by Gasteiger charge is 2.24. The molecule has 2 aromatic carbocycles. The summed E-state index contributed by atoms with van der Waals surface area (Å²) >= 11 is 0. The van der Waals surface area contributed by atoms with E-state index in [2.05, 4.69) is 16.0 Å². The lowest BCUT2D eigenvalue weighted by Gasteiger charge is -2.21. The molecule has 0 bridgehead atoms. The van der Waals surface area contributed by atoms with Gasteiger partial charge < -0.3 is 15.4 Å². The van der Waals surface area contributed by atoms with Gasteiger partial charge in [0.25, 0.3) is 0 Å². The Kier molecular flexibility index (Phi) is 3.83. The minimum absolute atomic E-state index is 0.651. The van der Waals surface area contributed by atoms with Crippen LogP contribution in [0.2, 0.25) is 0 Å². The van der Waals surface area contributed by atoms with E-state index in [-0.39, 0.29) is 0 Å². The van der Waals surface area contributed by atoms with Gasteiger partial charge in [0.15, 0.2) is 5.82 Å². The first-order valence-electron chi connectivity index (χ1n) is 9.15. The molecule has 6 nitrogen and oxygen atoms in total. The van der Waals surface area contributed by atoms with Gasteiger partial charge in [0.1, 0.15) is 11.6 Å². The van der Waals surface area contributed by atoms with Crippen molar-refractivity contribution in [2.45, 2.75) is 6.42 Å². The molecule has 5 rings (SSSR count). The van der Waals surface area contributed by atoms with Gasteiger partial charge in [-0.25, -0.2) is 9.97 Å². The topological polar surface area (TPSA) is 77.2 Å². The summed E-state index contributed by atoms with van der Waals surface area (Å²) in [6, 6.07) is 15.8. The van der Waals surface area contributed by atoms with Crippen LogP contribution in [-0.2, 0) is 6.42 Å². The van der Waals surface area contributed by atoms with E-state index in [1.165, 1.54) is 5.56 Å². The molecule has 0 amide bonds. The maximum absolute atomic E-state index is 6.06. The number of aromatic nitrogens is 3. The Morgan fingerprint density at radius 2 is 2.00 bits per heavy atom. The molecule has 4 aromatic rings. The third-order valence-corrected chi connectivity index (χ3v) is 5.06. The molecule has 0 fully saturated rings. The zero-order chi connectivity index (χ0) is 19.1. The summed E-state index contributed by atoms with van der Waals surface area (Å²) in [5.74, 6) is 2.28. The lowest BCUT2D eigenvalue weighted by Crippen LogP contribution is -2.16.